The Hall–Kier alpha value is -1.48. The van der Waals surface area contributed by atoms with E-state index in [2.05, 4.69) is 11.2 Å². The summed E-state index contributed by atoms with van der Waals surface area (Å²) in [6.45, 7) is 5.12. The quantitative estimate of drug-likeness (QED) is 0.685. The standard InChI is InChI=1S/C11H16N2O/c1-5-7-9(6-2)13-10(14)11(3,4)8-12/h1,9H,6-7H2,2-4H3,(H,13,14). The first-order valence-electron chi connectivity index (χ1n) is 4.63. The third-order valence-electron chi connectivity index (χ3n) is 2.04. The Morgan fingerprint density at radius 3 is 2.57 bits per heavy atom. The first kappa shape index (κ1) is 12.5. The molecule has 1 amide bonds. The Balaban J connectivity index is 4.33. The van der Waals surface area contributed by atoms with Gasteiger partial charge in [0.15, 0.2) is 0 Å². The van der Waals surface area contributed by atoms with Gasteiger partial charge in [-0.1, -0.05) is 6.92 Å². The molecule has 0 bridgehead atoms. The maximum absolute atomic E-state index is 11.5. The molecule has 1 unspecified atom stereocenters. The Morgan fingerprint density at radius 2 is 2.21 bits per heavy atom. The lowest BCUT2D eigenvalue weighted by atomic mass is 9.94. The van der Waals surface area contributed by atoms with Gasteiger partial charge in [-0.25, -0.2) is 0 Å². The number of hydrogen-bond acceptors (Lipinski definition) is 2. The monoisotopic (exact) mass is 192 g/mol. The van der Waals surface area contributed by atoms with Gasteiger partial charge in [0.05, 0.1) is 6.07 Å². The van der Waals surface area contributed by atoms with Gasteiger partial charge in [-0.05, 0) is 20.3 Å². The first-order valence-corrected chi connectivity index (χ1v) is 4.63. The first-order chi connectivity index (χ1) is 6.47. The highest BCUT2D eigenvalue weighted by Crippen LogP contribution is 2.13. The van der Waals surface area contributed by atoms with Crippen LogP contribution in [0.2, 0.25) is 0 Å². The Labute approximate surface area is 85.5 Å². The number of hydrogen-bond donors (Lipinski definition) is 1. The molecule has 0 aromatic carbocycles. The van der Waals surface area contributed by atoms with Gasteiger partial charge in [0.1, 0.15) is 5.41 Å². The summed E-state index contributed by atoms with van der Waals surface area (Å²) in [5.74, 6) is 2.23. The van der Waals surface area contributed by atoms with Crippen molar-refractivity contribution in [3.63, 3.8) is 0 Å². The third-order valence-corrected chi connectivity index (χ3v) is 2.04. The molecule has 0 heterocycles. The molecule has 0 aliphatic carbocycles. The summed E-state index contributed by atoms with van der Waals surface area (Å²) in [7, 11) is 0. The fraction of sp³-hybridized carbons (Fsp3) is 0.636. The van der Waals surface area contributed by atoms with Crippen LogP contribution in [-0.4, -0.2) is 11.9 Å². The fourth-order valence-electron chi connectivity index (χ4n) is 0.856. The Morgan fingerprint density at radius 1 is 1.64 bits per heavy atom. The molecule has 0 fully saturated rings. The van der Waals surface area contributed by atoms with Gasteiger partial charge in [0, 0.05) is 12.5 Å². The summed E-state index contributed by atoms with van der Waals surface area (Å²) in [6, 6.07) is 1.92. The molecule has 0 saturated carbocycles. The zero-order chi connectivity index (χ0) is 11.2. The van der Waals surface area contributed by atoms with Crippen molar-refractivity contribution in [3.05, 3.63) is 0 Å². The van der Waals surface area contributed by atoms with Crippen molar-refractivity contribution in [1.29, 1.82) is 5.26 Å². The van der Waals surface area contributed by atoms with Crippen LogP contribution in [0.1, 0.15) is 33.6 Å². The summed E-state index contributed by atoms with van der Waals surface area (Å²) < 4.78 is 0. The van der Waals surface area contributed by atoms with Crippen molar-refractivity contribution in [3.8, 4) is 18.4 Å². The summed E-state index contributed by atoms with van der Waals surface area (Å²) >= 11 is 0. The lowest BCUT2D eigenvalue weighted by Crippen LogP contribution is -2.42. The van der Waals surface area contributed by atoms with E-state index in [1.54, 1.807) is 13.8 Å². The van der Waals surface area contributed by atoms with Crippen LogP contribution in [-0.2, 0) is 4.79 Å². The highest BCUT2D eigenvalue weighted by atomic mass is 16.2. The van der Waals surface area contributed by atoms with Crippen molar-refractivity contribution in [2.75, 3.05) is 0 Å². The van der Waals surface area contributed by atoms with Crippen molar-refractivity contribution in [2.24, 2.45) is 5.41 Å². The van der Waals surface area contributed by atoms with E-state index in [0.717, 1.165) is 6.42 Å². The second-order valence-corrected chi connectivity index (χ2v) is 3.72. The number of amides is 1. The van der Waals surface area contributed by atoms with E-state index < -0.39 is 5.41 Å². The minimum Gasteiger partial charge on any atom is -0.351 e. The van der Waals surface area contributed by atoms with E-state index in [1.807, 2.05) is 13.0 Å². The van der Waals surface area contributed by atoms with Gasteiger partial charge in [0.2, 0.25) is 5.91 Å². The molecule has 76 valence electrons. The van der Waals surface area contributed by atoms with Crippen LogP contribution in [0.15, 0.2) is 0 Å². The predicted octanol–water partition coefficient (Wildman–Crippen LogP) is 1.45. The van der Waals surface area contributed by atoms with Gasteiger partial charge in [0.25, 0.3) is 0 Å². The zero-order valence-electron chi connectivity index (χ0n) is 8.92. The van der Waals surface area contributed by atoms with E-state index in [9.17, 15) is 4.79 Å². The highest BCUT2D eigenvalue weighted by molar-refractivity contribution is 5.84. The molecule has 0 aliphatic heterocycles. The number of carbonyl (C=O) groups excluding carboxylic acids is 1. The van der Waals surface area contributed by atoms with Crippen LogP contribution >= 0.6 is 0 Å². The molecule has 0 radical (unpaired) electrons. The summed E-state index contributed by atoms with van der Waals surface area (Å²) in [6.07, 6.45) is 6.43. The van der Waals surface area contributed by atoms with Crippen LogP contribution < -0.4 is 5.32 Å². The van der Waals surface area contributed by atoms with Crippen LogP contribution in [0, 0.1) is 29.1 Å². The molecule has 0 aliphatic rings. The average molecular weight is 192 g/mol. The van der Waals surface area contributed by atoms with Crippen LogP contribution in [0.25, 0.3) is 0 Å². The molecule has 0 aromatic rings. The molecular weight excluding hydrogens is 176 g/mol. The second-order valence-electron chi connectivity index (χ2n) is 3.72. The van der Waals surface area contributed by atoms with E-state index >= 15 is 0 Å². The number of terminal acetylenes is 1. The van der Waals surface area contributed by atoms with Gasteiger partial charge in [-0.2, -0.15) is 5.26 Å². The van der Waals surface area contributed by atoms with E-state index in [1.165, 1.54) is 0 Å². The molecule has 0 spiro atoms. The number of carbonyl (C=O) groups is 1. The summed E-state index contributed by atoms with van der Waals surface area (Å²) in [4.78, 5) is 11.5. The topological polar surface area (TPSA) is 52.9 Å². The minimum atomic E-state index is -0.984. The molecule has 1 N–H and O–H groups in total. The lowest BCUT2D eigenvalue weighted by molar-refractivity contribution is -0.127. The van der Waals surface area contributed by atoms with Crippen molar-refractivity contribution < 1.29 is 4.79 Å². The molecule has 3 nitrogen and oxygen atoms in total. The molecule has 0 rings (SSSR count). The smallest absolute Gasteiger partial charge is 0.240 e. The van der Waals surface area contributed by atoms with Crippen molar-refractivity contribution in [1.82, 2.24) is 5.32 Å². The number of rotatable bonds is 4. The van der Waals surface area contributed by atoms with Gasteiger partial charge < -0.3 is 5.32 Å². The number of nitrogens with one attached hydrogen (secondary N) is 1. The van der Waals surface area contributed by atoms with Gasteiger partial charge in [-0.3, -0.25) is 4.79 Å². The third kappa shape index (κ3) is 3.49. The van der Waals surface area contributed by atoms with Crippen LogP contribution in [0.3, 0.4) is 0 Å². The van der Waals surface area contributed by atoms with E-state index in [4.69, 9.17) is 11.7 Å². The maximum Gasteiger partial charge on any atom is 0.240 e. The number of nitriles is 1. The molecule has 0 saturated heterocycles. The van der Waals surface area contributed by atoms with Crippen molar-refractivity contribution >= 4 is 5.91 Å². The van der Waals surface area contributed by atoms with Crippen LogP contribution in [0.5, 0.6) is 0 Å². The Bertz CT molecular complexity index is 281. The normalized spacial score (nSPS) is 12.4. The minimum absolute atomic E-state index is 0.0277. The highest BCUT2D eigenvalue weighted by Gasteiger charge is 2.28. The van der Waals surface area contributed by atoms with E-state index in [0.29, 0.717) is 6.42 Å². The summed E-state index contributed by atoms with van der Waals surface area (Å²) in [5.41, 5.74) is -0.984. The van der Waals surface area contributed by atoms with Gasteiger partial charge >= 0.3 is 0 Å². The predicted molar refractivity (Wildman–Crippen MR) is 55.1 cm³/mol. The second kappa shape index (κ2) is 5.29. The average Bonchev–Trinajstić information content (AvgIpc) is 2.16. The van der Waals surface area contributed by atoms with Crippen LogP contribution in [0.4, 0.5) is 0 Å². The fourth-order valence-corrected chi connectivity index (χ4v) is 0.856. The van der Waals surface area contributed by atoms with Crippen molar-refractivity contribution in [2.45, 2.75) is 39.7 Å². The lowest BCUT2D eigenvalue weighted by Gasteiger charge is -2.20. The van der Waals surface area contributed by atoms with Gasteiger partial charge in [-0.15, -0.1) is 12.3 Å². The summed E-state index contributed by atoms with van der Waals surface area (Å²) in [5, 5.41) is 11.5. The largest absolute Gasteiger partial charge is 0.351 e. The molecule has 1 atom stereocenters. The number of nitrogens with zero attached hydrogens (tertiary/aromatic N) is 1. The maximum atomic E-state index is 11.5. The van der Waals surface area contributed by atoms with E-state index in [-0.39, 0.29) is 11.9 Å². The zero-order valence-corrected chi connectivity index (χ0v) is 8.92. The molecular formula is C11H16N2O. The molecule has 0 aromatic heterocycles. The molecule has 14 heavy (non-hydrogen) atoms. The SMILES string of the molecule is C#CCC(CC)NC(=O)C(C)(C)C#N. The molecule has 3 heteroatoms. The Kier molecular flexibility index (Phi) is 4.73.